The van der Waals surface area contributed by atoms with E-state index in [9.17, 15) is 30.3 Å². The van der Waals surface area contributed by atoms with Crippen molar-refractivity contribution in [3.8, 4) is 40.0 Å². The number of phenolic OH excluding ortho intramolecular Hbond substituents is 4. The van der Waals surface area contributed by atoms with Gasteiger partial charge in [0.2, 0.25) is 5.43 Å². The van der Waals surface area contributed by atoms with Crippen LogP contribution < -0.4 is 5.43 Å². The van der Waals surface area contributed by atoms with Crippen LogP contribution in [0.15, 0.2) is 41.2 Å². The van der Waals surface area contributed by atoms with Crippen molar-refractivity contribution in [2.75, 3.05) is 0 Å². The minimum Gasteiger partial charge on any atom is -0.508 e. The molecule has 0 spiro atoms. The third kappa shape index (κ3) is 8.44. The van der Waals surface area contributed by atoms with E-state index in [1.54, 1.807) is 6.20 Å². The molecule has 7 heteroatoms. The summed E-state index contributed by atoms with van der Waals surface area (Å²) in [5, 5.41) is 50.9. The number of allylic oxidation sites excluding steroid dienone is 1. The first-order chi connectivity index (χ1) is 19.3. The number of fused-ring (bicyclic) bond motifs is 1. The average molecular weight is 552 g/mol. The number of benzene rings is 2. The molecule has 0 bridgehead atoms. The van der Waals surface area contributed by atoms with Gasteiger partial charge in [0.1, 0.15) is 11.5 Å². The van der Waals surface area contributed by atoms with Gasteiger partial charge >= 0.3 is 0 Å². The number of phenols is 4. The summed E-state index contributed by atoms with van der Waals surface area (Å²) in [6.45, 7) is 2.25. The largest absolute Gasteiger partial charge is 0.508 e. The van der Waals surface area contributed by atoms with Gasteiger partial charge < -0.3 is 30.1 Å². The summed E-state index contributed by atoms with van der Waals surface area (Å²) in [6, 6.07) is 6.38. The number of aromatic nitrogens is 1. The van der Waals surface area contributed by atoms with Crippen molar-refractivity contribution in [3.05, 3.63) is 46.6 Å². The van der Waals surface area contributed by atoms with Crippen LogP contribution in [0.3, 0.4) is 0 Å². The van der Waals surface area contributed by atoms with Gasteiger partial charge in [0.15, 0.2) is 17.2 Å². The highest BCUT2D eigenvalue weighted by Crippen LogP contribution is 2.38. The third-order valence-corrected chi connectivity index (χ3v) is 7.48. The number of unbranched alkanes of at least 4 members (excludes halogenated alkanes) is 14. The zero-order valence-corrected chi connectivity index (χ0v) is 23.7. The normalized spacial score (nSPS) is 11.6. The quantitative estimate of drug-likeness (QED) is 0.0846. The minimum absolute atomic E-state index is 0.0787. The Labute approximate surface area is 237 Å². The fraction of sp³-hybridized carbons (Fsp3) is 0.485. The molecule has 40 heavy (non-hydrogen) atoms. The molecule has 7 nitrogen and oxygen atoms in total. The van der Waals surface area contributed by atoms with E-state index in [0.717, 1.165) is 25.3 Å². The summed E-state index contributed by atoms with van der Waals surface area (Å²) in [7, 11) is 0. The smallest absolute Gasteiger partial charge is 0.235 e. The molecule has 0 fully saturated rings. The molecule has 5 N–H and O–H groups in total. The summed E-state index contributed by atoms with van der Waals surface area (Å²) in [5.41, 5.74) is -0.224. The third-order valence-electron chi connectivity index (χ3n) is 7.48. The molecule has 0 saturated carbocycles. The summed E-state index contributed by atoms with van der Waals surface area (Å²) in [6.07, 6.45) is 22.4. The van der Waals surface area contributed by atoms with Crippen LogP contribution in [0.4, 0.5) is 0 Å². The minimum atomic E-state index is -0.799. The molecule has 1 aromatic heterocycles. The number of rotatable bonds is 17. The van der Waals surface area contributed by atoms with E-state index in [0.29, 0.717) is 0 Å². The molecule has 0 unspecified atom stereocenters. The number of nitrogens with zero attached hydrogens (tertiary/aromatic N) is 1. The second-order valence-electron chi connectivity index (χ2n) is 10.7. The van der Waals surface area contributed by atoms with Gasteiger partial charge in [0, 0.05) is 23.9 Å². The van der Waals surface area contributed by atoms with Crippen molar-refractivity contribution in [1.82, 2.24) is 4.57 Å². The monoisotopic (exact) mass is 551 g/mol. The van der Waals surface area contributed by atoms with Crippen LogP contribution in [0, 0.1) is 0 Å². The van der Waals surface area contributed by atoms with E-state index < -0.39 is 22.7 Å². The van der Waals surface area contributed by atoms with Crippen LogP contribution >= 0.6 is 0 Å². The van der Waals surface area contributed by atoms with Crippen LogP contribution in [0.5, 0.6) is 28.7 Å². The maximum absolute atomic E-state index is 12.9. The highest BCUT2D eigenvalue weighted by Gasteiger charge is 2.21. The van der Waals surface area contributed by atoms with E-state index in [-0.39, 0.29) is 33.7 Å². The Kier molecular flexibility index (Phi) is 12.3. The van der Waals surface area contributed by atoms with Crippen LogP contribution in [0.25, 0.3) is 28.4 Å². The van der Waals surface area contributed by atoms with E-state index in [1.165, 1.54) is 106 Å². The molecular formula is C33H45NO6. The average Bonchev–Trinajstić information content (AvgIpc) is 2.92. The van der Waals surface area contributed by atoms with Gasteiger partial charge in [0.05, 0.1) is 16.6 Å². The molecule has 2 aromatic carbocycles. The number of aromatic hydroxyl groups is 5. The summed E-state index contributed by atoms with van der Waals surface area (Å²) >= 11 is 0. The molecule has 218 valence electrons. The van der Waals surface area contributed by atoms with Gasteiger partial charge in [-0.1, -0.05) is 96.5 Å². The lowest BCUT2D eigenvalue weighted by atomic mass is 10.0. The van der Waals surface area contributed by atoms with Crippen molar-refractivity contribution in [2.45, 2.75) is 103 Å². The molecule has 0 aliphatic carbocycles. The second kappa shape index (κ2) is 15.8. The molecule has 0 saturated heterocycles. The molecule has 0 aliphatic rings. The van der Waals surface area contributed by atoms with Crippen molar-refractivity contribution in [1.29, 1.82) is 0 Å². The van der Waals surface area contributed by atoms with Gasteiger partial charge in [-0.25, -0.2) is 0 Å². The van der Waals surface area contributed by atoms with Crippen molar-refractivity contribution in [2.24, 2.45) is 0 Å². The van der Waals surface area contributed by atoms with E-state index in [4.69, 9.17) is 0 Å². The second-order valence-corrected chi connectivity index (χ2v) is 10.7. The molecule has 0 radical (unpaired) electrons. The molecule has 0 amide bonds. The molecule has 0 aliphatic heterocycles. The first-order valence-corrected chi connectivity index (χ1v) is 14.9. The zero-order chi connectivity index (χ0) is 28.9. The van der Waals surface area contributed by atoms with E-state index in [2.05, 4.69) is 6.92 Å². The van der Waals surface area contributed by atoms with Crippen LogP contribution in [-0.2, 0) is 0 Å². The van der Waals surface area contributed by atoms with Crippen LogP contribution in [0.2, 0.25) is 0 Å². The number of hydrogen-bond acceptors (Lipinski definition) is 6. The molecule has 3 rings (SSSR count). The summed E-state index contributed by atoms with van der Waals surface area (Å²) < 4.78 is 1.52. The van der Waals surface area contributed by atoms with Gasteiger partial charge in [-0.2, -0.15) is 0 Å². The highest BCUT2D eigenvalue weighted by molar-refractivity contribution is 5.93. The molecular weight excluding hydrogens is 506 g/mol. The highest BCUT2D eigenvalue weighted by atomic mass is 16.3. The predicted molar refractivity (Wildman–Crippen MR) is 162 cm³/mol. The van der Waals surface area contributed by atoms with Crippen LogP contribution in [-0.4, -0.2) is 30.1 Å². The van der Waals surface area contributed by atoms with Gasteiger partial charge in [0.25, 0.3) is 0 Å². The Morgan fingerprint density at radius 3 is 1.82 bits per heavy atom. The zero-order valence-electron chi connectivity index (χ0n) is 23.7. The predicted octanol–water partition coefficient (Wildman–Crippen LogP) is 8.54. The topological polar surface area (TPSA) is 123 Å². The molecule has 3 aromatic rings. The van der Waals surface area contributed by atoms with Gasteiger partial charge in [-0.05, 0) is 31.0 Å². The lowest BCUT2D eigenvalue weighted by Crippen LogP contribution is -2.10. The maximum atomic E-state index is 12.9. The Morgan fingerprint density at radius 1 is 0.675 bits per heavy atom. The van der Waals surface area contributed by atoms with Gasteiger partial charge in [-0.15, -0.1) is 0 Å². The summed E-state index contributed by atoms with van der Waals surface area (Å²) in [5.74, 6) is -2.02. The fourth-order valence-electron chi connectivity index (χ4n) is 5.22. The molecule has 1 heterocycles. The first kappa shape index (κ1) is 30.9. The van der Waals surface area contributed by atoms with Crippen molar-refractivity contribution < 1.29 is 25.5 Å². The first-order valence-electron chi connectivity index (χ1n) is 14.9. The fourth-order valence-corrected chi connectivity index (χ4v) is 5.22. The Hall–Kier alpha value is -3.61. The Bertz CT molecular complexity index is 1330. The Balaban J connectivity index is 1.58. The SMILES string of the molecule is CCCCCCCCCCCCCCCCC=Cn1c(-c2ccc(O)c(O)c2)c(O)c(=O)c2c(O)cc(O)cc21. The molecule has 0 atom stereocenters. The Morgan fingerprint density at radius 2 is 1.25 bits per heavy atom. The summed E-state index contributed by atoms with van der Waals surface area (Å²) in [4.78, 5) is 12.9. The standard InChI is InChI=1S/C33H45NO6/c1-2-3-4-5-6-7-8-9-10-11-12-13-14-15-16-17-20-34-26-22-25(35)23-29(38)30(26)32(39)33(40)31(34)24-18-19-27(36)28(37)21-24/h17-23,35-38,40H,2-16H2,1H3. The van der Waals surface area contributed by atoms with Crippen molar-refractivity contribution in [3.63, 3.8) is 0 Å². The number of hydrogen-bond donors (Lipinski definition) is 5. The van der Waals surface area contributed by atoms with Crippen LogP contribution in [0.1, 0.15) is 103 Å². The maximum Gasteiger partial charge on any atom is 0.235 e. The lowest BCUT2D eigenvalue weighted by Gasteiger charge is -2.17. The van der Waals surface area contributed by atoms with E-state index in [1.807, 2.05) is 6.08 Å². The number of pyridine rings is 1. The lowest BCUT2D eigenvalue weighted by molar-refractivity contribution is 0.404. The van der Waals surface area contributed by atoms with E-state index >= 15 is 0 Å². The van der Waals surface area contributed by atoms with Crippen molar-refractivity contribution >= 4 is 17.1 Å². The van der Waals surface area contributed by atoms with Gasteiger partial charge in [-0.3, -0.25) is 4.79 Å².